The van der Waals surface area contributed by atoms with E-state index in [9.17, 15) is 8.42 Å². The van der Waals surface area contributed by atoms with Crippen LogP contribution in [0.5, 0.6) is 0 Å². The topological polar surface area (TPSA) is 85.2 Å². The molecule has 0 saturated carbocycles. The molecule has 162 valence electrons. The lowest BCUT2D eigenvalue weighted by Crippen LogP contribution is -2.45. The Kier molecular flexibility index (Phi) is 9.13. The summed E-state index contributed by atoms with van der Waals surface area (Å²) in [4.78, 5) is 4.59. The van der Waals surface area contributed by atoms with Crippen LogP contribution in [0.2, 0.25) is 0 Å². The van der Waals surface area contributed by atoms with Gasteiger partial charge in [0.25, 0.3) is 10.1 Å². The molecule has 0 unspecified atom stereocenters. The first kappa shape index (κ1) is 23.4. The molecule has 2 rings (SSSR count). The number of hydrogen-bond acceptors (Lipinski definition) is 6. The van der Waals surface area contributed by atoms with Gasteiger partial charge in [-0.2, -0.15) is 8.42 Å². The molecule has 0 amide bonds. The summed E-state index contributed by atoms with van der Waals surface area (Å²) in [5.74, 6) is 0.874. The van der Waals surface area contributed by atoms with Crippen molar-refractivity contribution in [2.45, 2.75) is 57.8 Å². The molecule has 1 aromatic rings. The summed E-state index contributed by atoms with van der Waals surface area (Å²) in [6.45, 7) is 9.99. The van der Waals surface area contributed by atoms with Gasteiger partial charge in [-0.25, -0.2) is 10.0 Å². The molecule has 0 atom stereocenters. The molecule has 0 radical (unpaired) electrons. The first-order chi connectivity index (χ1) is 13.8. The van der Waals surface area contributed by atoms with Crippen LogP contribution in [0.3, 0.4) is 0 Å². The molecule has 7 nitrogen and oxygen atoms in total. The van der Waals surface area contributed by atoms with Crippen LogP contribution in [0.25, 0.3) is 0 Å². The van der Waals surface area contributed by atoms with E-state index in [4.69, 9.17) is 4.55 Å². The molecular formula is C21H34N4O3S. The van der Waals surface area contributed by atoms with Gasteiger partial charge >= 0.3 is 0 Å². The molecule has 8 heteroatoms. The van der Waals surface area contributed by atoms with Crippen molar-refractivity contribution in [1.82, 2.24) is 15.3 Å². The second kappa shape index (κ2) is 11.3. The van der Waals surface area contributed by atoms with E-state index in [2.05, 4.69) is 47.2 Å². The molecule has 1 aromatic carbocycles. The number of amidine groups is 1. The highest BCUT2D eigenvalue weighted by atomic mass is 32.2. The molecule has 0 saturated heterocycles. The van der Waals surface area contributed by atoms with Crippen LogP contribution in [0.15, 0.2) is 45.9 Å². The van der Waals surface area contributed by atoms with Crippen molar-refractivity contribution in [1.29, 1.82) is 0 Å². The van der Waals surface area contributed by atoms with Crippen LogP contribution in [0.1, 0.15) is 52.0 Å². The summed E-state index contributed by atoms with van der Waals surface area (Å²) < 4.78 is 31.2. The van der Waals surface area contributed by atoms with E-state index in [0.717, 1.165) is 30.9 Å². The summed E-state index contributed by atoms with van der Waals surface area (Å²) in [6, 6.07) is 6.28. The molecular weight excluding hydrogens is 388 g/mol. The Labute approximate surface area is 175 Å². The number of unbranched alkanes of at least 4 members (excludes halogenated alkanes) is 2. The Morgan fingerprint density at radius 2 is 1.76 bits per heavy atom. The van der Waals surface area contributed by atoms with E-state index in [1.165, 1.54) is 43.5 Å². The van der Waals surface area contributed by atoms with Crippen molar-refractivity contribution in [3.05, 3.63) is 41.6 Å². The highest BCUT2D eigenvalue weighted by Gasteiger charge is 2.18. The standard InChI is InChI=1S/C21H34N4O3S/c1-4-6-14-24(15-7-5-2)25-17-23-21(16-18(25)3)22-13-12-19-8-10-20(11-9-19)29(26,27)28/h8-11,16H,4-7,12-15,17H2,1-3H3,(H,22,23)(H,26,27,28). The molecule has 0 fully saturated rings. The first-order valence-corrected chi connectivity index (χ1v) is 11.8. The van der Waals surface area contributed by atoms with Gasteiger partial charge in [-0.15, -0.1) is 0 Å². The smallest absolute Gasteiger partial charge is 0.294 e. The number of nitrogens with zero attached hydrogens (tertiary/aromatic N) is 3. The SMILES string of the molecule is CCCCN(CCCC)N1CN=C(NCCc2ccc(S(=O)(=O)O)cc2)C=C1C. The van der Waals surface area contributed by atoms with Gasteiger partial charge in [-0.1, -0.05) is 38.8 Å². The quantitative estimate of drug-likeness (QED) is 0.531. The molecule has 1 aliphatic heterocycles. The van der Waals surface area contributed by atoms with Gasteiger partial charge in [0.05, 0.1) is 4.90 Å². The van der Waals surface area contributed by atoms with Crippen molar-refractivity contribution in [2.24, 2.45) is 4.99 Å². The fourth-order valence-electron chi connectivity index (χ4n) is 3.19. The third-order valence-electron chi connectivity index (χ3n) is 4.95. The molecule has 1 aliphatic rings. The van der Waals surface area contributed by atoms with E-state index in [1.807, 2.05) is 0 Å². The van der Waals surface area contributed by atoms with Crippen LogP contribution < -0.4 is 5.32 Å². The summed E-state index contributed by atoms with van der Waals surface area (Å²) in [6.07, 6.45) is 7.54. The summed E-state index contributed by atoms with van der Waals surface area (Å²) >= 11 is 0. The molecule has 1 heterocycles. The fraction of sp³-hybridized carbons (Fsp3) is 0.571. The average molecular weight is 423 g/mol. The van der Waals surface area contributed by atoms with E-state index < -0.39 is 10.1 Å². The Morgan fingerprint density at radius 1 is 1.14 bits per heavy atom. The zero-order valence-electron chi connectivity index (χ0n) is 17.8. The fourth-order valence-corrected chi connectivity index (χ4v) is 3.67. The minimum Gasteiger partial charge on any atom is -0.370 e. The largest absolute Gasteiger partial charge is 0.370 e. The number of rotatable bonds is 11. The van der Waals surface area contributed by atoms with Gasteiger partial charge in [-0.3, -0.25) is 9.56 Å². The van der Waals surface area contributed by atoms with Crippen molar-refractivity contribution in [2.75, 3.05) is 26.3 Å². The number of hydrogen-bond donors (Lipinski definition) is 2. The highest BCUT2D eigenvalue weighted by molar-refractivity contribution is 7.85. The van der Waals surface area contributed by atoms with Crippen molar-refractivity contribution < 1.29 is 13.0 Å². The predicted molar refractivity (Wildman–Crippen MR) is 117 cm³/mol. The average Bonchev–Trinajstić information content (AvgIpc) is 2.68. The molecule has 0 aromatic heterocycles. The second-order valence-electron chi connectivity index (χ2n) is 7.33. The number of nitrogens with one attached hydrogen (secondary N) is 1. The van der Waals surface area contributed by atoms with Crippen molar-refractivity contribution >= 4 is 16.0 Å². The normalized spacial score (nSPS) is 14.7. The second-order valence-corrected chi connectivity index (χ2v) is 8.75. The molecule has 0 bridgehead atoms. The Morgan fingerprint density at radius 3 is 2.28 bits per heavy atom. The van der Waals surface area contributed by atoms with E-state index in [-0.39, 0.29) is 4.90 Å². The lowest BCUT2D eigenvalue weighted by molar-refractivity contribution is 0.00690. The van der Waals surface area contributed by atoms with Crippen LogP contribution >= 0.6 is 0 Å². The van der Waals surface area contributed by atoms with Gasteiger partial charge in [0, 0.05) is 31.4 Å². The molecule has 0 aliphatic carbocycles. The maximum atomic E-state index is 11.1. The zero-order chi connectivity index (χ0) is 21.3. The summed E-state index contributed by atoms with van der Waals surface area (Å²) in [5.41, 5.74) is 2.18. The lowest BCUT2D eigenvalue weighted by atomic mass is 10.1. The van der Waals surface area contributed by atoms with Gasteiger partial charge in [-0.05, 0) is 43.9 Å². The Hall–Kier alpha value is -1.90. The minimum absolute atomic E-state index is 0.0831. The lowest BCUT2D eigenvalue weighted by Gasteiger charge is -2.38. The minimum atomic E-state index is -4.14. The summed E-state index contributed by atoms with van der Waals surface area (Å²) in [7, 11) is -4.14. The van der Waals surface area contributed by atoms with E-state index >= 15 is 0 Å². The number of benzene rings is 1. The zero-order valence-corrected chi connectivity index (χ0v) is 18.6. The van der Waals surface area contributed by atoms with Crippen LogP contribution in [-0.4, -0.2) is 55.1 Å². The van der Waals surface area contributed by atoms with Crippen LogP contribution in [0.4, 0.5) is 0 Å². The Bertz CT molecular complexity index is 796. The van der Waals surface area contributed by atoms with Gasteiger partial charge < -0.3 is 5.32 Å². The number of allylic oxidation sites excluding steroid dienone is 1. The number of aliphatic imine (C=N–C) groups is 1. The van der Waals surface area contributed by atoms with Crippen LogP contribution in [0, 0.1) is 0 Å². The van der Waals surface area contributed by atoms with Gasteiger partial charge in [0.15, 0.2) is 0 Å². The maximum absolute atomic E-state index is 11.1. The predicted octanol–water partition coefficient (Wildman–Crippen LogP) is 3.46. The Balaban J connectivity index is 1.87. The van der Waals surface area contributed by atoms with Gasteiger partial charge in [0.1, 0.15) is 12.5 Å². The van der Waals surface area contributed by atoms with E-state index in [1.54, 1.807) is 12.1 Å². The maximum Gasteiger partial charge on any atom is 0.294 e. The number of hydrazine groups is 1. The van der Waals surface area contributed by atoms with E-state index in [0.29, 0.717) is 13.2 Å². The van der Waals surface area contributed by atoms with Crippen molar-refractivity contribution in [3.8, 4) is 0 Å². The van der Waals surface area contributed by atoms with Crippen molar-refractivity contribution in [3.63, 3.8) is 0 Å². The third-order valence-corrected chi connectivity index (χ3v) is 5.82. The molecule has 29 heavy (non-hydrogen) atoms. The monoisotopic (exact) mass is 422 g/mol. The molecule has 2 N–H and O–H groups in total. The van der Waals surface area contributed by atoms with Crippen LogP contribution in [-0.2, 0) is 16.5 Å². The van der Waals surface area contributed by atoms with Gasteiger partial charge in [0.2, 0.25) is 0 Å². The third kappa shape index (κ3) is 7.45. The summed E-state index contributed by atoms with van der Waals surface area (Å²) in [5, 5.41) is 8.03. The first-order valence-electron chi connectivity index (χ1n) is 10.4. The molecule has 0 spiro atoms. The highest BCUT2D eigenvalue weighted by Crippen LogP contribution is 2.15.